The Hall–Kier alpha value is -1.40. The van der Waals surface area contributed by atoms with Crippen molar-refractivity contribution >= 4 is 40.5 Å². The van der Waals surface area contributed by atoms with E-state index in [-0.39, 0.29) is 0 Å². The van der Waals surface area contributed by atoms with Crippen molar-refractivity contribution in [2.45, 2.75) is 6.42 Å². The molecule has 0 spiro atoms. The van der Waals surface area contributed by atoms with E-state index in [0.29, 0.717) is 27.2 Å². The number of nitrogens with zero attached hydrogens (tertiary/aromatic N) is 1. The number of hydrogen-bond donors (Lipinski definition) is 1. The Kier molecular flexibility index (Phi) is 5.14. The van der Waals surface area contributed by atoms with Gasteiger partial charge >= 0.3 is 0 Å². The molecule has 2 aromatic carbocycles. The number of halogens is 3. The minimum atomic E-state index is 0.446. The lowest BCUT2D eigenvalue weighted by Crippen LogP contribution is -2.05. The molecule has 1 N–H and O–H groups in total. The topological polar surface area (TPSA) is 35.8 Å². The molecule has 0 saturated carbocycles. The molecular formula is C15H11Cl3N2. The van der Waals surface area contributed by atoms with E-state index in [0.717, 1.165) is 17.7 Å². The van der Waals surface area contributed by atoms with Crippen LogP contribution in [0.25, 0.3) is 0 Å². The van der Waals surface area contributed by atoms with Gasteiger partial charge < -0.3 is 5.32 Å². The van der Waals surface area contributed by atoms with Crippen LogP contribution in [0.4, 0.5) is 5.69 Å². The largest absolute Gasteiger partial charge is 0.385 e. The van der Waals surface area contributed by atoms with E-state index in [4.69, 9.17) is 40.1 Å². The minimum absolute atomic E-state index is 0.446. The van der Waals surface area contributed by atoms with Crippen LogP contribution in [-0.2, 0) is 6.42 Å². The molecule has 2 rings (SSSR count). The average Bonchev–Trinajstić information content (AvgIpc) is 2.41. The lowest BCUT2D eigenvalue weighted by molar-refractivity contribution is 1.02. The number of benzene rings is 2. The lowest BCUT2D eigenvalue weighted by Gasteiger charge is -2.08. The van der Waals surface area contributed by atoms with Crippen molar-refractivity contribution in [3.8, 4) is 6.07 Å². The number of anilines is 1. The maximum Gasteiger partial charge on any atom is 0.101 e. The van der Waals surface area contributed by atoms with Crippen LogP contribution in [0.15, 0.2) is 36.4 Å². The smallest absolute Gasteiger partial charge is 0.101 e. The van der Waals surface area contributed by atoms with Gasteiger partial charge in [-0.25, -0.2) is 0 Å². The fourth-order valence-electron chi connectivity index (χ4n) is 1.78. The summed E-state index contributed by atoms with van der Waals surface area (Å²) in [5, 5.41) is 13.8. The zero-order chi connectivity index (χ0) is 14.5. The maximum absolute atomic E-state index is 8.81. The van der Waals surface area contributed by atoms with Gasteiger partial charge in [0.05, 0.1) is 10.6 Å². The van der Waals surface area contributed by atoms with E-state index in [1.54, 1.807) is 18.2 Å². The predicted molar refractivity (Wildman–Crippen MR) is 84.8 cm³/mol. The SMILES string of the molecule is N#Cc1ccc(NCCc2ccc(Cl)cc2Cl)cc1Cl. The van der Waals surface area contributed by atoms with Crippen LogP contribution in [0.5, 0.6) is 0 Å². The predicted octanol–water partition coefficient (Wildman–Crippen LogP) is 5.17. The molecule has 2 aromatic rings. The Bertz CT molecular complexity index is 663. The highest BCUT2D eigenvalue weighted by Crippen LogP contribution is 2.22. The third kappa shape index (κ3) is 3.80. The highest BCUT2D eigenvalue weighted by Gasteiger charge is 2.03. The van der Waals surface area contributed by atoms with Crippen LogP contribution in [0, 0.1) is 11.3 Å². The van der Waals surface area contributed by atoms with Gasteiger partial charge in [0.2, 0.25) is 0 Å². The summed E-state index contributed by atoms with van der Waals surface area (Å²) in [6.07, 6.45) is 0.771. The molecule has 0 amide bonds. The summed E-state index contributed by atoms with van der Waals surface area (Å²) in [5.41, 5.74) is 2.38. The summed E-state index contributed by atoms with van der Waals surface area (Å²) < 4.78 is 0. The monoisotopic (exact) mass is 324 g/mol. The molecule has 5 heteroatoms. The second-order valence-electron chi connectivity index (χ2n) is 4.22. The molecule has 0 aliphatic rings. The third-order valence-corrected chi connectivity index (χ3v) is 3.73. The molecule has 0 saturated heterocycles. The van der Waals surface area contributed by atoms with Gasteiger partial charge in [-0.2, -0.15) is 5.26 Å². The number of nitrogens with one attached hydrogen (secondary N) is 1. The highest BCUT2D eigenvalue weighted by molar-refractivity contribution is 6.35. The van der Waals surface area contributed by atoms with Crippen LogP contribution in [0.2, 0.25) is 15.1 Å². The summed E-state index contributed by atoms with van der Waals surface area (Å²) in [7, 11) is 0. The van der Waals surface area contributed by atoms with E-state index in [1.807, 2.05) is 24.3 Å². The van der Waals surface area contributed by atoms with Gasteiger partial charge in [-0.15, -0.1) is 0 Å². The first-order valence-electron chi connectivity index (χ1n) is 5.97. The molecule has 0 aliphatic heterocycles. The summed E-state index contributed by atoms with van der Waals surface area (Å²) in [6.45, 7) is 0.712. The highest BCUT2D eigenvalue weighted by atomic mass is 35.5. The van der Waals surface area contributed by atoms with E-state index in [2.05, 4.69) is 5.32 Å². The van der Waals surface area contributed by atoms with Crippen LogP contribution in [-0.4, -0.2) is 6.54 Å². The van der Waals surface area contributed by atoms with E-state index in [1.165, 1.54) is 0 Å². The second-order valence-corrected chi connectivity index (χ2v) is 5.47. The van der Waals surface area contributed by atoms with Gasteiger partial charge in [0.25, 0.3) is 0 Å². The van der Waals surface area contributed by atoms with E-state index >= 15 is 0 Å². The van der Waals surface area contributed by atoms with Crippen molar-refractivity contribution < 1.29 is 0 Å². The van der Waals surface area contributed by atoms with Gasteiger partial charge in [0, 0.05) is 22.3 Å². The molecule has 0 aromatic heterocycles. The Morgan fingerprint density at radius 1 is 1.00 bits per heavy atom. The summed E-state index contributed by atoms with van der Waals surface area (Å²) in [6, 6.07) is 12.8. The van der Waals surface area contributed by atoms with Crippen molar-refractivity contribution in [2.75, 3.05) is 11.9 Å². The van der Waals surface area contributed by atoms with Crippen molar-refractivity contribution in [1.29, 1.82) is 5.26 Å². The number of hydrogen-bond acceptors (Lipinski definition) is 2. The molecule has 0 unspecified atom stereocenters. The third-order valence-electron chi connectivity index (χ3n) is 2.83. The zero-order valence-corrected chi connectivity index (χ0v) is 12.7. The summed E-state index contributed by atoms with van der Waals surface area (Å²) in [5.74, 6) is 0. The van der Waals surface area contributed by atoms with Crippen molar-refractivity contribution in [3.63, 3.8) is 0 Å². The summed E-state index contributed by atoms with van der Waals surface area (Å²) in [4.78, 5) is 0. The maximum atomic E-state index is 8.81. The Morgan fingerprint density at radius 2 is 1.80 bits per heavy atom. The molecule has 0 aliphatic carbocycles. The van der Waals surface area contributed by atoms with E-state index in [9.17, 15) is 0 Å². The molecule has 0 atom stereocenters. The van der Waals surface area contributed by atoms with Crippen LogP contribution in [0.1, 0.15) is 11.1 Å². The van der Waals surface area contributed by atoms with Gasteiger partial charge in [0.15, 0.2) is 0 Å². The Balaban J connectivity index is 1.96. The molecule has 20 heavy (non-hydrogen) atoms. The van der Waals surface area contributed by atoms with E-state index < -0.39 is 0 Å². The van der Waals surface area contributed by atoms with Gasteiger partial charge in [-0.05, 0) is 42.3 Å². The summed E-state index contributed by atoms with van der Waals surface area (Å²) >= 11 is 17.9. The first-order valence-corrected chi connectivity index (χ1v) is 7.11. The Morgan fingerprint density at radius 3 is 2.45 bits per heavy atom. The molecule has 0 fully saturated rings. The molecule has 0 bridgehead atoms. The van der Waals surface area contributed by atoms with Crippen LogP contribution in [0.3, 0.4) is 0 Å². The number of rotatable bonds is 4. The average molecular weight is 326 g/mol. The quantitative estimate of drug-likeness (QED) is 0.841. The normalized spacial score (nSPS) is 10.1. The zero-order valence-electron chi connectivity index (χ0n) is 10.5. The molecular weight excluding hydrogens is 315 g/mol. The van der Waals surface area contributed by atoms with Crippen LogP contribution < -0.4 is 5.32 Å². The fourth-order valence-corrected chi connectivity index (χ4v) is 2.51. The van der Waals surface area contributed by atoms with Crippen molar-refractivity contribution in [1.82, 2.24) is 0 Å². The lowest BCUT2D eigenvalue weighted by atomic mass is 10.1. The molecule has 2 nitrogen and oxygen atoms in total. The van der Waals surface area contributed by atoms with Crippen LogP contribution >= 0.6 is 34.8 Å². The van der Waals surface area contributed by atoms with Crippen molar-refractivity contribution in [3.05, 3.63) is 62.6 Å². The fraction of sp³-hybridized carbons (Fsp3) is 0.133. The molecule has 102 valence electrons. The molecule has 0 heterocycles. The van der Waals surface area contributed by atoms with Crippen molar-refractivity contribution in [2.24, 2.45) is 0 Å². The standard InChI is InChI=1S/C15H11Cl3N2/c16-12-3-1-10(14(17)7-12)5-6-20-13-4-2-11(9-19)15(18)8-13/h1-4,7-8,20H,5-6H2. The number of nitriles is 1. The van der Waals surface area contributed by atoms with Gasteiger partial charge in [0.1, 0.15) is 6.07 Å². The first-order chi connectivity index (χ1) is 9.60. The minimum Gasteiger partial charge on any atom is -0.385 e. The first kappa shape index (κ1) is 15.0. The molecule has 0 radical (unpaired) electrons. The second kappa shape index (κ2) is 6.85. The van der Waals surface area contributed by atoms with Gasteiger partial charge in [-0.1, -0.05) is 40.9 Å². The Labute approximate surface area is 132 Å². The van der Waals surface area contributed by atoms with Gasteiger partial charge in [-0.3, -0.25) is 0 Å².